The average molecular weight is 263 g/mol. The van der Waals surface area contributed by atoms with Crippen molar-refractivity contribution in [3.05, 3.63) is 52.8 Å². The van der Waals surface area contributed by atoms with Gasteiger partial charge in [0.1, 0.15) is 5.69 Å². The molecule has 18 heavy (non-hydrogen) atoms. The zero-order valence-electron chi connectivity index (χ0n) is 10.3. The Labute approximate surface area is 111 Å². The van der Waals surface area contributed by atoms with Crippen LogP contribution in [0.4, 0.5) is 0 Å². The molecule has 3 nitrogen and oxygen atoms in total. The summed E-state index contributed by atoms with van der Waals surface area (Å²) in [5.41, 5.74) is 1.59. The minimum Gasteiger partial charge on any atom is -0.292 e. The van der Waals surface area contributed by atoms with Crippen molar-refractivity contribution in [2.24, 2.45) is 0 Å². The monoisotopic (exact) mass is 262 g/mol. The number of hydrogen-bond acceptors (Lipinski definition) is 2. The molecule has 94 valence electrons. The van der Waals surface area contributed by atoms with E-state index < -0.39 is 0 Å². The van der Waals surface area contributed by atoms with E-state index in [9.17, 15) is 4.79 Å². The molecule has 0 aliphatic carbocycles. The van der Waals surface area contributed by atoms with Crippen molar-refractivity contribution in [1.82, 2.24) is 9.78 Å². The zero-order valence-corrected chi connectivity index (χ0v) is 11.0. The Morgan fingerprint density at radius 2 is 2.22 bits per heavy atom. The summed E-state index contributed by atoms with van der Waals surface area (Å²) < 4.78 is 1.76. The smallest absolute Gasteiger partial charge is 0.185 e. The van der Waals surface area contributed by atoms with Crippen LogP contribution in [-0.4, -0.2) is 15.6 Å². The van der Waals surface area contributed by atoms with Gasteiger partial charge < -0.3 is 0 Å². The van der Waals surface area contributed by atoms with E-state index in [4.69, 9.17) is 11.6 Å². The lowest BCUT2D eigenvalue weighted by molar-refractivity contribution is 0.0982. The Bertz CT molecular complexity index is 548. The van der Waals surface area contributed by atoms with Crippen LogP contribution in [0, 0.1) is 0 Å². The number of hydrogen-bond donors (Lipinski definition) is 0. The largest absolute Gasteiger partial charge is 0.292 e. The first-order chi connectivity index (χ1) is 8.70. The maximum absolute atomic E-state index is 12.2. The summed E-state index contributed by atoms with van der Waals surface area (Å²) in [7, 11) is 0. The van der Waals surface area contributed by atoms with Gasteiger partial charge in [-0.25, -0.2) is 0 Å². The molecule has 0 fully saturated rings. The van der Waals surface area contributed by atoms with Gasteiger partial charge in [-0.15, -0.1) is 0 Å². The SMILES string of the molecule is CCCn1nccc1C(=O)Cc1cccc(Cl)c1. The van der Waals surface area contributed by atoms with Crippen LogP contribution < -0.4 is 0 Å². The van der Waals surface area contributed by atoms with Crippen molar-refractivity contribution in [3.63, 3.8) is 0 Å². The number of benzene rings is 1. The number of halogens is 1. The van der Waals surface area contributed by atoms with Crippen LogP contribution in [0.1, 0.15) is 29.4 Å². The molecule has 0 spiro atoms. The van der Waals surface area contributed by atoms with Crippen LogP contribution in [0.15, 0.2) is 36.5 Å². The first-order valence-electron chi connectivity index (χ1n) is 6.00. The van der Waals surface area contributed by atoms with E-state index >= 15 is 0 Å². The molecule has 0 bridgehead atoms. The van der Waals surface area contributed by atoms with Crippen LogP contribution in [0.5, 0.6) is 0 Å². The molecule has 0 saturated heterocycles. The molecule has 4 heteroatoms. The van der Waals surface area contributed by atoms with E-state index in [0.29, 0.717) is 17.1 Å². The van der Waals surface area contributed by atoms with E-state index in [1.807, 2.05) is 18.2 Å². The molecule has 0 aliphatic heterocycles. The quantitative estimate of drug-likeness (QED) is 0.775. The summed E-state index contributed by atoms with van der Waals surface area (Å²) in [6.45, 7) is 2.83. The van der Waals surface area contributed by atoms with Gasteiger partial charge in [0.2, 0.25) is 0 Å². The molecular formula is C14H15ClN2O. The summed E-state index contributed by atoms with van der Waals surface area (Å²) in [6, 6.07) is 9.15. The first-order valence-corrected chi connectivity index (χ1v) is 6.38. The molecule has 2 aromatic rings. The Kier molecular flexibility index (Phi) is 4.15. The predicted octanol–water partition coefficient (Wildman–Crippen LogP) is 3.37. The second-order valence-electron chi connectivity index (χ2n) is 4.17. The van der Waals surface area contributed by atoms with Gasteiger partial charge in [0.15, 0.2) is 5.78 Å². The lowest BCUT2D eigenvalue weighted by atomic mass is 10.1. The van der Waals surface area contributed by atoms with Gasteiger partial charge in [-0.1, -0.05) is 30.7 Å². The normalized spacial score (nSPS) is 10.6. The highest BCUT2D eigenvalue weighted by molar-refractivity contribution is 6.30. The number of carbonyl (C=O) groups is 1. The fraction of sp³-hybridized carbons (Fsp3) is 0.286. The van der Waals surface area contributed by atoms with Crippen LogP contribution in [-0.2, 0) is 13.0 Å². The van der Waals surface area contributed by atoms with Crippen LogP contribution >= 0.6 is 11.6 Å². The number of rotatable bonds is 5. The fourth-order valence-electron chi connectivity index (χ4n) is 1.88. The molecule has 0 aliphatic rings. The average Bonchev–Trinajstić information content (AvgIpc) is 2.78. The second kappa shape index (κ2) is 5.83. The van der Waals surface area contributed by atoms with Crippen LogP contribution in [0.25, 0.3) is 0 Å². The van der Waals surface area contributed by atoms with Crippen LogP contribution in [0.3, 0.4) is 0 Å². The molecule has 0 saturated carbocycles. The van der Waals surface area contributed by atoms with E-state index in [0.717, 1.165) is 18.5 Å². The third-order valence-corrected chi connectivity index (χ3v) is 2.93. The molecule has 0 atom stereocenters. The third-order valence-electron chi connectivity index (χ3n) is 2.69. The summed E-state index contributed by atoms with van der Waals surface area (Å²) in [4.78, 5) is 12.2. The number of carbonyl (C=O) groups excluding carboxylic acids is 1. The van der Waals surface area contributed by atoms with Crippen molar-refractivity contribution >= 4 is 17.4 Å². The first kappa shape index (κ1) is 12.8. The van der Waals surface area contributed by atoms with Gasteiger partial charge >= 0.3 is 0 Å². The predicted molar refractivity (Wildman–Crippen MR) is 72.0 cm³/mol. The summed E-state index contributed by atoms with van der Waals surface area (Å²) in [6.07, 6.45) is 2.98. The van der Waals surface area contributed by atoms with Crippen molar-refractivity contribution < 1.29 is 4.79 Å². The molecule has 0 N–H and O–H groups in total. The lowest BCUT2D eigenvalue weighted by Crippen LogP contribution is -2.12. The Balaban J connectivity index is 2.14. The van der Waals surface area contributed by atoms with Crippen LogP contribution in [0.2, 0.25) is 5.02 Å². The zero-order chi connectivity index (χ0) is 13.0. The standard InChI is InChI=1S/C14H15ClN2O/c1-2-8-17-13(6-7-16-17)14(18)10-11-4-3-5-12(15)9-11/h3-7,9H,2,8,10H2,1H3. The highest BCUT2D eigenvalue weighted by Gasteiger charge is 2.12. The number of nitrogens with zero attached hydrogens (tertiary/aromatic N) is 2. The van der Waals surface area contributed by atoms with Crippen molar-refractivity contribution in [3.8, 4) is 0 Å². The maximum Gasteiger partial charge on any atom is 0.185 e. The second-order valence-corrected chi connectivity index (χ2v) is 4.61. The minimum atomic E-state index is 0.0724. The minimum absolute atomic E-state index is 0.0724. The summed E-state index contributed by atoms with van der Waals surface area (Å²) in [5.74, 6) is 0.0724. The highest BCUT2D eigenvalue weighted by Crippen LogP contribution is 2.13. The van der Waals surface area contributed by atoms with Gasteiger partial charge in [-0.05, 0) is 30.2 Å². The summed E-state index contributed by atoms with van der Waals surface area (Å²) in [5, 5.41) is 4.81. The highest BCUT2D eigenvalue weighted by atomic mass is 35.5. The van der Waals surface area contributed by atoms with Gasteiger partial charge in [0.05, 0.1) is 0 Å². The molecule has 0 amide bonds. The Morgan fingerprint density at radius 3 is 2.94 bits per heavy atom. The van der Waals surface area contributed by atoms with Gasteiger partial charge in [-0.3, -0.25) is 9.48 Å². The molecule has 0 unspecified atom stereocenters. The number of aromatic nitrogens is 2. The third kappa shape index (κ3) is 2.99. The van der Waals surface area contributed by atoms with Crippen molar-refractivity contribution in [2.45, 2.75) is 26.3 Å². The Hall–Kier alpha value is -1.61. The van der Waals surface area contributed by atoms with Gasteiger partial charge in [0.25, 0.3) is 0 Å². The van der Waals surface area contributed by atoms with E-state index in [1.54, 1.807) is 23.0 Å². The molecule has 2 rings (SSSR count). The molecule has 1 heterocycles. The Morgan fingerprint density at radius 1 is 1.39 bits per heavy atom. The number of ketones is 1. The van der Waals surface area contributed by atoms with E-state index in [2.05, 4.69) is 12.0 Å². The van der Waals surface area contributed by atoms with E-state index in [1.165, 1.54) is 0 Å². The summed E-state index contributed by atoms with van der Waals surface area (Å²) >= 11 is 5.91. The van der Waals surface area contributed by atoms with Gasteiger partial charge in [-0.2, -0.15) is 5.10 Å². The topological polar surface area (TPSA) is 34.9 Å². The van der Waals surface area contributed by atoms with Crippen molar-refractivity contribution in [1.29, 1.82) is 0 Å². The number of Topliss-reactive ketones (excluding diaryl/α,β-unsaturated/α-hetero) is 1. The fourth-order valence-corrected chi connectivity index (χ4v) is 2.10. The maximum atomic E-state index is 12.2. The molecular weight excluding hydrogens is 248 g/mol. The van der Waals surface area contributed by atoms with Crippen molar-refractivity contribution in [2.75, 3.05) is 0 Å². The van der Waals surface area contributed by atoms with E-state index in [-0.39, 0.29) is 5.78 Å². The molecule has 1 aromatic carbocycles. The number of aryl methyl sites for hydroxylation is 1. The lowest BCUT2D eigenvalue weighted by Gasteiger charge is -2.05. The van der Waals surface area contributed by atoms with Gasteiger partial charge in [0, 0.05) is 24.2 Å². The molecule has 1 aromatic heterocycles. The molecule has 0 radical (unpaired) electrons.